The normalized spacial score (nSPS) is 18.3. The number of amides is 4. The molecule has 30 heavy (non-hydrogen) atoms. The second-order valence-electron chi connectivity index (χ2n) is 7.29. The van der Waals surface area contributed by atoms with Crippen LogP contribution in [0.5, 0.6) is 0 Å². The van der Waals surface area contributed by atoms with Crippen molar-refractivity contribution in [2.24, 2.45) is 11.8 Å². The Bertz CT molecular complexity index is 778. The summed E-state index contributed by atoms with van der Waals surface area (Å²) >= 11 is 11.6. The fraction of sp³-hybridized carbons (Fsp3) is 0.400. The molecule has 1 saturated carbocycles. The summed E-state index contributed by atoms with van der Waals surface area (Å²) in [6.45, 7) is 1.16. The van der Waals surface area contributed by atoms with Gasteiger partial charge < -0.3 is 10.6 Å². The van der Waals surface area contributed by atoms with Crippen molar-refractivity contribution in [3.63, 3.8) is 0 Å². The van der Waals surface area contributed by atoms with E-state index in [1.54, 1.807) is 24.3 Å². The molecular formula is C20H24Cl2N6O2. The summed E-state index contributed by atoms with van der Waals surface area (Å²) in [5.74, 6) is 1.64. The molecule has 1 fully saturated rings. The molecule has 10 heteroatoms. The van der Waals surface area contributed by atoms with Gasteiger partial charge in [0.25, 0.3) is 0 Å². The van der Waals surface area contributed by atoms with E-state index in [0.717, 1.165) is 25.7 Å². The number of hydrogen-bond acceptors (Lipinski definition) is 4. The summed E-state index contributed by atoms with van der Waals surface area (Å²) in [4.78, 5) is 32.2. The quantitative estimate of drug-likeness (QED) is 0.517. The standard InChI is InChI=1S/C20H24Cl2N6O2/c21-15-4-6-17(23-11-15)27-19(29)25-9-13-2-1-3-14(8-13)10-26-20(30)28-18-7-5-16(22)12-24-18/h4-7,11-14H,1-3,8-10H2,(H2,23,25,27,29)(H2,24,26,28,30)/t13-,14-/m1/s1. The van der Waals surface area contributed by atoms with Crippen LogP contribution in [0.25, 0.3) is 0 Å². The first-order chi connectivity index (χ1) is 14.5. The van der Waals surface area contributed by atoms with Crippen molar-refractivity contribution < 1.29 is 9.59 Å². The Labute approximate surface area is 185 Å². The van der Waals surface area contributed by atoms with Crippen LogP contribution in [0.4, 0.5) is 21.2 Å². The molecule has 0 bridgehead atoms. The average Bonchev–Trinajstić information content (AvgIpc) is 2.74. The minimum absolute atomic E-state index is 0.292. The van der Waals surface area contributed by atoms with Crippen LogP contribution in [0.15, 0.2) is 36.7 Å². The van der Waals surface area contributed by atoms with E-state index in [1.807, 2.05) is 0 Å². The number of nitrogens with zero attached hydrogens (tertiary/aromatic N) is 2. The van der Waals surface area contributed by atoms with Gasteiger partial charge in [-0.05, 0) is 55.4 Å². The molecule has 0 aromatic carbocycles. The van der Waals surface area contributed by atoms with Gasteiger partial charge in [-0.2, -0.15) is 0 Å². The van der Waals surface area contributed by atoms with E-state index in [4.69, 9.17) is 23.2 Å². The maximum absolute atomic E-state index is 12.1. The summed E-state index contributed by atoms with van der Waals surface area (Å²) in [7, 11) is 0. The Hall–Kier alpha value is -2.58. The zero-order valence-electron chi connectivity index (χ0n) is 16.3. The van der Waals surface area contributed by atoms with E-state index >= 15 is 0 Å². The molecule has 2 aromatic heterocycles. The highest BCUT2D eigenvalue weighted by Crippen LogP contribution is 2.28. The Morgan fingerprint density at radius 3 is 1.70 bits per heavy atom. The van der Waals surface area contributed by atoms with Crippen molar-refractivity contribution in [2.45, 2.75) is 25.7 Å². The lowest BCUT2D eigenvalue weighted by Gasteiger charge is -2.29. The third kappa shape index (κ3) is 7.35. The second-order valence-corrected chi connectivity index (χ2v) is 8.16. The minimum Gasteiger partial charge on any atom is -0.338 e. The summed E-state index contributed by atoms with van der Waals surface area (Å²) in [5.41, 5.74) is 0. The van der Waals surface area contributed by atoms with Crippen LogP contribution in [0.3, 0.4) is 0 Å². The van der Waals surface area contributed by atoms with Gasteiger partial charge in [0.05, 0.1) is 10.0 Å². The number of carbonyl (C=O) groups is 2. The highest BCUT2D eigenvalue weighted by atomic mass is 35.5. The van der Waals surface area contributed by atoms with Gasteiger partial charge in [-0.25, -0.2) is 19.6 Å². The summed E-state index contributed by atoms with van der Waals surface area (Å²) in [6, 6.07) is 6.05. The summed E-state index contributed by atoms with van der Waals surface area (Å²) < 4.78 is 0. The van der Waals surface area contributed by atoms with Crippen molar-refractivity contribution in [2.75, 3.05) is 23.7 Å². The van der Waals surface area contributed by atoms with E-state index in [2.05, 4.69) is 31.2 Å². The molecule has 2 heterocycles. The number of anilines is 2. The minimum atomic E-state index is -0.292. The Morgan fingerprint density at radius 2 is 1.30 bits per heavy atom. The SMILES string of the molecule is O=C(NC[C@@H]1CCC[C@@H](CNC(=O)Nc2ccc(Cl)cn2)C1)Nc1ccc(Cl)cn1. The van der Waals surface area contributed by atoms with E-state index < -0.39 is 0 Å². The van der Waals surface area contributed by atoms with Crippen LogP contribution in [0.1, 0.15) is 25.7 Å². The second kappa shape index (κ2) is 11.0. The van der Waals surface area contributed by atoms with Gasteiger partial charge in [-0.15, -0.1) is 0 Å². The van der Waals surface area contributed by atoms with Crippen molar-refractivity contribution in [1.29, 1.82) is 0 Å². The van der Waals surface area contributed by atoms with Gasteiger partial charge in [-0.1, -0.05) is 29.6 Å². The van der Waals surface area contributed by atoms with Crippen molar-refractivity contribution >= 4 is 46.9 Å². The Kier molecular flexibility index (Phi) is 8.10. The van der Waals surface area contributed by atoms with Gasteiger partial charge in [0, 0.05) is 25.5 Å². The molecule has 3 rings (SSSR count). The molecule has 2 aromatic rings. The number of pyridine rings is 2. The number of halogens is 2. The lowest BCUT2D eigenvalue weighted by molar-refractivity contribution is 0.230. The molecule has 0 spiro atoms. The van der Waals surface area contributed by atoms with E-state index in [9.17, 15) is 9.59 Å². The maximum atomic E-state index is 12.1. The molecule has 160 valence electrons. The van der Waals surface area contributed by atoms with Crippen LogP contribution in [-0.4, -0.2) is 35.1 Å². The third-order valence-corrected chi connectivity index (χ3v) is 5.38. The van der Waals surface area contributed by atoms with Gasteiger partial charge in [0.1, 0.15) is 11.6 Å². The molecule has 4 N–H and O–H groups in total. The third-order valence-electron chi connectivity index (χ3n) is 4.93. The first-order valence-corrected chi connectivity index (χ1v) is 10.6. The van der Waals surface area contributed by atoms with Crippen LogP contribution in [-0.2, 0) is 0 Å². The van der Waals surface area contributed by atoms with Gasteiger partial charge >= 0.3 is 12.1 Å². The molecule has 1 aliphatic carbocycles. The van der Waals surface area contributed by atoms with Crippen molar-refractivity contribution in [3.8, 4) is 0 Å². The Morgan fingerprint density at radius 1 is 0.833 bits per heavy atom. The molecule has 2 atom stereocenters. The number of carbonyl (C=O) groups excluding carboxylic acids is 2. The van der Waals surface area contributed by atoms with Gasteiger partial charge in [-0.3, -0.25) is 10.6 Å². The molecule has 8 nitrogen and oxygen atoms in total. The van der Waals surface area contributed by atoms with Crippen molar-refractivity contribution in [1.82, 2.24) is 20.6 Å². The number of aromatic nitrogens is 2. The molecule has 1 aliphatic rings. The predicted octanol–water partition coefficient (Wildman–Crippen LogP) is 4.53. The fourth-order valence-electron chi connectivity index (χ4n) is 3.47. The molecular weight excluding hydrogens is 427 g/mol. The first-order valence-electron chi connectivity index (χ1n) is 9.81. The molecule has 0 aliphatic heterocycles. The molecule has 0 unspecified atom stereocenters. The lowest BCUT2D eigenvalue weighted by Crippen LogP contribution is -2.38. The zero-order valence-corrected chi connectivity index (χ0v) is 17.8. The van der Waals surface area contributed by atoms with Crippen molar-refractivity contribution in [3.05, 3.63) is 46.7 Å². The first kappa shape index (κ1) is 22.1. The predicted molar refractivity (Wildman–Crippen MR) is 118 cm³/mol. The molecule has 0 radical (unpaired) electrons. The number of rotatable bonds is 6. The van der Waals surface area contributed by atoms with Crippen LogP contribution in [0.2, 0.25) is 10.0 Å². The van der Waals surface area contributed by atoms with E-state index in [0.29, 0.717) is 46.6 Å². The number of urea groups is 2. The maximum Gasteiger partial charge on any atom is 0.320 e. The fourth-order valence-corrected chi connectivity index (χ4v) is 3.69. The van der Waals surface area contributed by atoms with Crippen LogP contribution in [0, 0.1) is 11.8 Å². The number of nitrogens with one attached hydrogen (secondary N) is 4. The highest BCUT2D eigenvalue weighted by molar-refractivity contribution is 6.30. The number of hydrogen-bond donors (Lipinski definition) is 4. The van der Waals surface area contributed by atoms with Crippen LogP contribution >= 0.6 is 23.2 Å². The van der Waals surface area contributed by atoms with Crippen LogP contribution < -0.4 is 21.3 Å². The summed E-state index contributed by atoms with van der Waals surface area (Å²) in [5, 5.41) is 12.2. The Balaban J connectivity index is 1.36. The van der Waals surface area contributed by atoms with E-state index in [1.165, 1.54) is 12.4 Å². The average molecular weight is 451 g/mol. The van der Waals surface area contributed by atoms with E-state index in [-0.39, 0.29) is 12.1 Å². The topological polar surface area (TPSA) is 108 Å². The molecule has 0 saturated heterocycles. The molecule has 4 amide bonds. The van der Waals surface area contributed by atoms with Gasteiger partial charge in [0.15, 0.2) is 0 Å². The summed E-state index contributed by atoms with van der Waals surface area (Å²) in [6.07, 6.45) is 7.08. The zero-order chi connectivity index (χ0) is 21.3. The smallest absolute Gasteiger partial charge is 0.320 e. The monoisotopic (exact) mass is 450 g/mol. The largest absolute Gasteiger partial charge is 0.338 e. The highest BCUT2D eigenvalue weighted by Gasteiger charge is 2.23. The van der Waals surface area contributed by atoms with Gasteiger partial charge in [0.2, 0.25) is 0 Å². The lowest BCUT2D eigenvalue weighted by atomic mass is 9.81.